The smallest absolute Gasteiger partial charge is 0.256 e. The van der Waals surface area contributed by atoms with Crippen LogP contribution in [0.4, 0.5) is 10.1 Å². The van der Waals surface area contributed by atoms with E-state index in [0.717, 1.165) is 0 Å². The second-order valence-corrected chi connectivity index (χ2v) is 6.51. The number of rotatable bonds is 4. The van der Waals surface area contributed by atoms with Crippen LogP contribution in [0, 0.1) is 5.82 Å². The van der Waals surface area contributed by atoms with E-state index in [0.29, 0.717) is 33.7 Å². The molecule has 1 N–H and O–H groups in total. The molecule has 0 saturated carbocycles. The van der Waals surface area contributed by atoms with Crippen molar-refractivity contribution in [3.8, 4) is 11.5 Å². The summed E-state index contributed by atoms with van der Waals surface area (Å²) in [6.45, 7) is 0. The Labute approximate surface area is 166 Å². The molecule has 1 heterocycles. The number of pyridine rings is 1. The second kappa shape index (κ2) is 7.59. The number of nitrogens with zero attached hydrogens (tertiary/aromatic N) is 1. The van der Waals surface area contributed by atoms with Gasteiger partial charge < -0.3 is 14.6 Å². The predicted molar refractivity (Wildman–Crippen MR) is 110 cm³/mol. The van der Waals surface area contributed by atoms with Gasteiger partial charge in [0.1, 0.15) is 17.3 Å². The van der Waals surface area contributed by atoms with E-state index in [4.69, 9.17) is 4.74 Å². The van der Waals surface area contributed by atoms with Crippen LogP contribution < -0.4 is 15.6 Å². The number of aryl methyl sites for hydroxylation is 1. The van der Waals surface area contributed by atoms with Crippen LogP contribution in [-0.2, 0) is 7.05 Å². The summed E-state index contributed by atoms with van der Waals surface area (Å²) < 4.78 is 20.4. The normalized spacial score (nSPS) is 10.7. The lowest BCUT2D eigenvalue weighted by Crippen LogP contribution is -2.21. The number of fused-ring (bicyclic) bond motifs is 1. The molecule has 1 amide bonds. The maximum atomic E-state index is 13.3. The zero-order valence-electron chi connectivity index (χ0n) is 15.6. The van der Waals surface area contributed by atoms with Crippen LogP contribution in [0.2, 0.25) is 0 Å². The van der Waals surface area contributed by atoms with Crippen molar-refractivity contribution in [2.24, 2.45) is 7.05 Å². The summed E-state index contributed by atoms with van der Waals surface area (Å²) in [7, 11) is 1.67. The van der Waals surface area contributed by atoms with E-state index in [-0.39, 0.29) is 17.3 Å². The molecular formula is C23H17FN2O3. The van der Waals surface area contributed by atoms with Gasteiger partial charge in [-0.05, 0) is 42.5 Å². The van der Waals surface area contributed by atoms with Gasteiger partial charge in [0, 0.05) is 30.3 Å². The van der Waals surface area contributed by atoms with Gasteiger partial charge in [0.25, 0.3) is 11.5 Å². The molecule has 0 atom stereocenters. The topological polar surface area (TPSA) is 60.3 Å². The van der Waals surface area contributed by atoms with Crippen LogP contribution in [0.15, 0.2) is 83.7 Å². The number of hydrogen-bond acceptors (Lipinski definition) is 3. The molecule has 0 bridgehead atoms. The second-order valence-electron chi connectivity index (χ2n) is 6.51. The highest BCUT2D eigenvalue weighted by atomic mass is 19.1. The third-order valence-corrected chi connectivity index (χ3v) is 4.54. The number of hydrogen-bond donors (Lipinski definition) is 1. The fourth-order valence-electron chi connectivity index (χ4n) is 3.07. The Kier molecular flexibility index (Phi) is 4.83. The van der Waals surface area contributed by atoms with Crippen molar-refractivity contribution in [2.45, 2.75) is 0 Å². The number of carbonyl (C=O) groups excluding carboxylic acids is 1. The molecule has 0 aliphatic carbocycles. The fraction of sp³-hybridized carbons (Fsp3) is 0.0435. The third-order valence-electron chi connectivity index (χ3n) is 4.54. The van der Waals surface area contributed by atoms with Gasteiger partial charge >= 0.3 is 0 Å². The molecule has 4 aromatic rings. The monoisotopic (exact) mass is 388 g/mol. The van der Waals surface area contributed by atoms with Crippen molar-refractivity contribution in [1.29, 1.82) is 0 Å². The van der Waals surface area contributed by atoms with Gasteiger partial charge in [0.05, 0.1) is 11.1 Å². The largest absolute Gasteiger partial charge is 0.457 e. The number of anilines is 1. The zero-order valence-corrected chi connectivity index (χ0v) is 15.6. The lowest BCUT2D eigenvalue weighted by Gasteiger charge is -2.11. The maximum Gasteiger partial charge on any atom is 0.256 e. The first-order valence-electron chi connectivity index (χ1n) is 8.95. The van der Waals surface area contributed by atoms with Gasteiger partial charge in [-0.2, -0.15) is 0 Å². The molecule has 0 aliphatic rings. The minimum Gasteiger partial charge on any atom is -0.457 e. The van der Waals surface area contributed by atoms with Crippen LogP contribution in [0.25, 0.3) is 10.9 Å². The molecule has 6 heteroatoms. The van der Waals surface area contributed by atoms with E-state index in [9.17, 15) is 14.0 Å². The molecule has 0 radical (unpaired) electrons. The van der Waals surface area contributed by atoms with E-state index >= 15 is 0 Å². The maximum absolute atomic E-state index is 13.3. The van der Waals surface area contributed by atoms with E-state index in [1.807, 2.05) is 12.1 Å². The van der Waals surface area contributed by atoms with Crippen molar-refractivity contribution >= 4 is 22.5 Å². The van der Waals surface area contributed by atoms with Gasteiger partial charge in [0.2, 0.25) is 0 Å². The van der Waals surface area contributed by atoms with Crippen molar-refractivity contribution < 1.29 is 13.9 Å². The standard InChI is InChI=1S/C23H17FN2O3/c1-26-21-8-3-2-7-19(21)20(14-22(26)27)23(28)25-16-9-11-17(12-10-16)29-18-6-4-5-15(24)13-18/h2-14H,1H3,(H,25,28). The van der Waals surface area contributed by atoms with Crippen LogP contribution in [0.1, 0.15) is 10.4 Å². The summed E-state index contributed by atoms with van der Waals surface area (Å²) in [5.41, 5.74) is 1.28. The molecule has 4 rings (SSSR count). The Balaban J connectivity index is 1.56. The van der Waals surface area contributed by atoms with Gasteiger partial charge in [-0.15, -0.1) is 0 Å². The molecule has 0 unspecified atom stereocenters. The quantitative estimate of drug-likeness (QED) is 0.550. The van der Waals surface area contributed by atoms with Gasteiger partial charge in [-0.1, -0.05) is 24.3 Å². The minimum absolute atomic E-state index is 0.257. The van der Waals surface area contributed by atoms with E-state index in [1.54, 1.807) is 55.6 Å². The molecule has 144 valence electrons. The van der Waals surface area contributed by atoms with Gasteiger partial charge in [0.15, 0.2) is 0 Å². The first kappa shape index (κ1) is 18.4. The minimum atomic E-state index is -0.382. The molecule has 29 heavy (non-hydrogen) atoms. The number of carbonyl (C=O) groups is 1. The average molecular weight is 388 g/mol. The van der Waals surface area contributed by atoms with Crippen molar-refractivity contribution in [3.05, 3.63) is 101 Å². The highest BCUT2D eigenvalue weighted by Gasteiger charge is 2.13. The van der Waals surface area contributed by atoms with E-state index in [2.05, 4.69) is 5.32 Å². The lowest BCUT2D eigenvalue weighted by atomic mass is 10.1. The van der Waals surface area contributed by atoms with Crippen molar-refractivity contribution in [2.75, 3.05) is 5.32 Å². The first-order valence-corrected chi connectivity index (χ1v) is 8.95. The van der Waals surface area contributed by atoms with Crippen LogP contribution in [-0.4, -0.2) is 10.5 Å². The Hall–Kier alpha value is -3.93. The van der Waals surface area contributed by atoms with Crippen molar-refractivity contribution in [3.63, 3.8) is 0 Å². The zero-order chi connectivity index (χ0) is 20.4. The number of ether oxygens (including phenoxy) is 1. The Bertz CT molecular complexity index is 1260. The van der Waals surface area contributed by atoms with Gasteiger partial charge in [-0.25, -0.2) is 4.39 Å². The van der Waals surface area contributed by atoms with Crippen LogP contribution in [0.5, 0.6) is 11.5 Å². The first-order chi connectivity index (χ1) is 14.0. The molecule has 0 fully saturated rings. The number of amides is 1. The number of halogens is 1. The van der Waals surface area contributed by atoms with Gasteiger partial charge in [-0.3, -0.25) is 9.59 Å². The van der Waals surface area contributed by atoms with Crippen LogP contribution in [0.3, 0.4) is 0 Å². The fourth-order valence-corrected chi connectivity index (χ4v) is 3.07. The summed E-state index contributed by atoms with van der Waals surface area (Å²) in [5, 5.41) is 3.49. The number of aromatic nitrogens is 1. The van der Waals surface area contributed by atoms with E-state index < -0.39 is 0 Å². The average Bonchev–Trinajstić information content (AvgIpc) is 2.72. The molecule has 1 aromatic heterocycles. The summed E-state index contributed by atoms with van der Waals surface area (Å²) in [4.78, 5) is 25.0. The molecule has 0 saturated heterocycles. The molecular weight excluding hydrogens is 371 g/mol. The van der Waals surface area contributed by atoms with E-state index in [1.165, 1.54) is 22.8 Å². The van der Waals surface area contributed by atoms with Crippen LogP contribution >= 0.6 is 0 Å². The highest BCUT2D eigenvalue weighted by molar-refractivity contribution is 6.12. The Morgan fingerprint density at radius 1 is 0.931 bits per heavy atom. The molecule has 0 spiro atoms. The number of para-hydroxylation sites is 1. The number of benzene rings is 3. The summed E-state index contributed by atoms with van der Waals surface area (Å²) >= 11 is 0. The molecule has 3 aromatic carbocycles. The Morgan fingerprint density at radius 3 is 2.45 bits per heavy atom. The van der Waals surface area contributed by atoms with Crippen molar-refractivity contribution in [1.82, 2.24) is 4.57 Å². The third kappa shape index (κ3) is 3.87. The number of nitrogens with one attached hydrogen (secondary N) is 1. The lowest BCUT2D eigenvalue weighted by molar-refractivity contribution is 0.102. The summed E-state index contributed by atoms with van der Waals surface area (Å²) in [6.07, 6.45) is 0. The molecule has 5 nitrogen and oxygen atoms in total. The SMILES string of the molecule is Cn1c(=O)cc(C(=O)Nc2ccc(Oc3cccc(F)c3)cc2)c2ccccc21. The predicted octanol–water partition coefficient (Wildman–Crippen LogP) is 4.72. The Morgan fingerprint density at radius 2 is 1.69 bits per heavy atom. The highest BCUT2D eigenvalue weighted by Crippen LogP contribution is 2.24. The summed E-state index contributed by atoms with van der Waals surface area (Å²) in [5.74, 6) is 0.131. The summed E-state index contributed by atoms with van der Waals surface area (Å²) in [6, 6.07) is 21.1. The molecule has 0 aliphatic heterocycles.